The third kappa shape index (κ3) is 4.06. The number of anilines is 1. The van der Waals surface area contributed by atoms with Crippen molar-refractivity contribution in [3.63, 3.8) is 0 Å². The highest BCUT2D eigenvalue weighted by Gasteiger charge is 2.37. The first-order valence-corrected chi connectivity index (χ1v) is 12.5. The summed E-state index contributed by atoms with van der Waals surface area (Å²) in [6.45, 7) is 4.60. The molecule has 36 heavy (non-hydrogen) atoms. The van der Waals surface area contributed by atoms with Gasteiger partial charge in [0.15, 0.2) is 0 Å². The highest BCUT2D eigenvalue weighted by Crippen LogP contribution is 2.47. The number of nitrogens with one attached hydrogen (secondary N) is 1. The van der Waals surface area contributed by atoms with Crippen molar-refractivity contribution in [1.82, 2.24) is 24.6 Å². The first kappa shape index (κ1) is 22.5. The molecular weight excluding hydrogens is 455 g/mol. The molecule has 0 radical (unpaired) electrons. The summed E-state index contributed by atoms with van der Waals surface area (Å²) in [6.07, 6.45) is 9.56. The number of piperidine rings is 1. The number of carbonyl (C=O) groups excluding carboxylic acids is 1. The summed E-state index contributed by atoms with van der Waals surface area (Å²) in [5.74, 6) is 0.223. The quantitative estimate of drug-likeness (QED) is 0.437. The van der Waals surface area contributed by atoms with Crippen LogP contribution in [0.4, 0.5) is 10.1 Å². The van der Waals surface area contributed by atoms with E-state index in [0.717, 1.165) is 53.9 Å². The highest BCUT2D eigenvalue weighted by molar-refractivity contribution is 5.72. The Morgan fingerprint density at radius 2 is 1.89 bits per heavy atom. The standard InChI is InChI=1S/C28H29FN6O/c1-19(36)31-11-14-34-17-22(15-32-34)20-5-7-23(8-6-20)33-12-9-21(10-13-33)28-27-24(3-2-4-25(27)29)26-16-30-18-35(26)28/h2-8,15-18,21,28H,9-14H2,1H3,(H,31,36). The van der Waals surface area contributed by atoms with E-state index in [1.54, 1.807) is 12.1 Å². The maximum atomic E-state index is 14.9. The highest BCUT2D eigenvalue weighted by atomic mass is 19.1. The van der Waals surface area contributed by atoms with Gasteiger partial charge in [0.1, 0.15) is 5.82 Å². The van der Waals surface area contributed by atoms with Gasteiger partial charge in [0, 0.05) is 55.1 Å². The van der Waals surface area contributed by atoms with Crippen molar-refractivity contribution in [1.29, 1.82) is 0 Å². The summed E-state index contributed by atoms with van der Waals surface area (Å²) in [7, 11) is 0. The topological polar surface area (TPSA) is 68.0 Å². The van der Waals surface area contributed by atoms with Crippen molar-refractivity contribution in [3.05, 3.63) is 78.8 Å². The number of benzene rings is 2. The predicted octanol–water partition coefficient (Wildman–Crippen LogP) is 4.51. The lowest BCUT2D eigenvalue weighted by atomic mass is 9.85. The molecule has 1 amide bonds. The van der Waals surface area contributed by atoms with Gasteiger partial charge in [-0.05, 0) is 42.5 Å². The summed E-state index contributed by atoms with van der Waals surface area (Å²) < 4.78 is 18.9. The number of imidazole rings is 1. The zero-order valence-electron chi connectivity index (χ0n) is 20.3. The Labute approximate surface area is 209 Å². The molecule has 184 valence electrons. The van der Waals surface area contributed by atoms with E-state index in [-0.39, 0.29) is 17.8 Å². The van der Waals surface area contributed by atoms with Gasteiger partial charge in [0.05, 0.1) is 37.0 Å². The van der Waals surface area contributed by atoms with E-state index in [9.17, 15) is 9.18 Å². The number of carbonyl (C=O) groups is 1. The molecule has 2 aliphatic heterocycles. The van der Waals surface area contributed by atoms with E-state index in [4.69, 9.17) is 0 Å². The van der Waals surface area contributed by atoms with Crippen LogP contribution in [0, 0.1) is 11.7 Å². The smallest absolute Gasteiger partial charge is 0.216 e. The number of nitrogens with zero attached hydrogens (tertiary/aromatic N) is 5. The van der Waals surface area contributed by atoms with E-state index < -0.39 is 0 Å². The third-order valence-electron chi connectivity index (χ3n) is 7.49. The summed E-state index contributed by atoms with van der Waals surface area (Å²) in [5, 5.41) is 7.19. The molecule has 2 aromatic heterocycles. The summed E-state index contributed by atoms with van der Waals surface area (Å²) in [5.41, 5.74) is 6.21. The molecule has 6 rings (SSSR count). The second kappa shape index (κ2) is 9.26. The third-order valence-corrected chi connectivity index (χ3v) is 7.49. The van der Waals surface area contributed by atoms with E-state index in [2.05, 4.69) is 49.1 Å². The molecule has 1 atom stereocenters. The van der Waals surface area contributed by atoms with Crippen LogP contribution in [0.3, 0.4) is 0 Å². The van der Waals surface area contributed by atoms with Gasteiger partial charge < -0.3 is 14.8 Å². The summed E-state index contributed by atoms with van der Waals surface area (Å²) in [4.78, 5) is 17.8. The van der Waals surface area contributed by atoms with Crippen LogP contribution in [-0.4, -0.2) is 44.9 Å². The normalized spacial score (nSPS) is 17.2. The SMILES string of the molecule is CC(=O)NCCn1cc(-c2ccc(N3CCC(C4c5c(F)cccc5-c5cncn54)CC3)cc2)cn1. The van der Waals surface area contributed by atoms with Gasteiger partial charge in [0.2, 0.25) is 5.91 Å². The monoisotopic (exact) mass is 484 g/mol. The minimum absolute atomic E-state index is 0.0189. The largest absolute Gasteiger partial charge is 0.372 e. The molecule has 2 aromatic carbocycles. The van der Waals surface area contributed by atoms with E-state index in [0.29, 0.717) is 19.0 Å². The van der Waals surface area contributed by atoms with Crippen LogP contribution >= 0.6 is 0 Å². The van der Waals surface area contributed by atoms with Crippen molar-refractivity contribution >= 4 is 11.6 Å². The molecule has 7 nitrogen and oxygen atoms in total. The van der Waals surface area contributed by atoms with Gasteiger partial charge in [-0.25, -0.2) is 9.37 Å². The van der Waals surface area contributed by atoms with E-state index in [1.165, 1.54) is 12.6 Å². The Kier molecular flexibility index (Phi) is 5.79. The van der Waals surface area contributed by atoms with Gasteiger partial charge in [-0.2, -0.15) is 5.10 Å². The van der Waals surface area contributed by atoms with Crippen LogP contribution in [0.2, 0.25) is 0 Å². The van der Waals surface area contributed by atoms with Gasteiger partial charge in [-0.1, -0.05) is 24.3 Å². The van der Waals surface area contributed by atoms with Crippen LogP contribution < -0.4 is 10.2 Å². The molecular formula is C28H29FN6O. The number of halogens is 1. The van der Waals surface area contributed by atoms with Crippen LogP contribution in [0.25, 0.3) is 22.4 Å². The second-order valence-electron chi connectivity index (χ2n) is 9.68. The van der Waals surface area contributed by atoms with E-state index in [1.807, 2.05) is 35.7 Å². The lowest BCUT2D eigenvalue weighted by molar-refractivity contribution is -0.118. The maximum absolute atomic E-state index is 14.9. The predicted molar refractivity (Wildman–Crippen MR) is 137 cm³/mol. The molecule has 4 aromatic rings. The number of hydrogen-bond acceptors (Lipinski definition) is 4. The average Bonchev–Trinajstić information content (AvgIpc) is 3.61. The Hall–Kier alpha value is -3.94. The van der Waals surface area contributed by atoms with Crippen molar-refractivity contribution < 1.29 is 9.18 Å². The number of hydrogen-bond donors (Lipinski definition) is 1. The van der Waals surface area contributed by atoms with Crippen LogP contribution in [0.5, 0.6) is 0 Å². The lowest BCUT2D eigenvalue weighted by Gasteiger charge is -2.37. The zero-order valence-corrected chi connectivity index (χ0v) is 20.3. The lowest BCUT2D eigenvalue weighted by Crippen LogP contribution is -2.36. The van der Waals surface area contributed by atoms with Crippen LogP contribution in [0.15, 0.2) is 67.4 Å². The molecule has 0 bridgehead atoms. The summed E-state index contributed by atoms with van der Waals surface area (Å²) in [6, 6.07) is 14.0. The molecule has 1 unspecified atom stereocenters. The molecule has 4 heterocycles. The molecule has 0 saturated carbocycles. The molecule has 2 aliphatic rings. The molecule has 0 aliphatic carbocycles. The minimum atomic E-state index is -0.113. The molecule has 1 N–H and O–H groups in total. The fraction of sp³-hybridized carbons (Fsp3) is 0.321. The van der Waals surface area contributed by atoms with Crippen molar-refractivity contribution in [2.45, 2.75) is 32.4 Å². The fourth-order valence-electron chi connectivity index (χ4n) is 5.72. The Morgan fingerprint density at radius 1 is 1.08 bits per heavy atom. The zero-order chi connectivity index (χ0) is 24.6. The Morgan fingerprint density at radius 3 is 2.67 bits per heavy atom. The molecule has 1 saturated heterocycles. The second-order valence-corrected chi connectivity index (χ2v) is 9.68. The van der Waals surface area contributed by atoms with Crippen molar-refractivity contribution in [2.75, 3.05) is 24.5 Å². The first-order valence-electron chi connectivity index (χ1n) is 12.5. The molecule has 0 spiro atoms. The molecule has 8 heteroatoms. The minimum Gasteiger partial charge on any atom is -0.372 e. The number of rotatable bonds is 6. The first-order chi connectivity index (χ1) is 17.6. The molecule has 1 fully saturated rings. The average molecular weight is 485 g/mol. The van der Waals surface area contributed by atoms with Gasteiger partial charge in [0.25, 0.3) is 0 Å². The van der Waals surface area contributed by atoms with Crippen molar-refractivity contribution in [3.8, 4) is 22.4 Å². The van der Waals surface area contributed by atoms with Crippen LogP contribution in [0.1, 0.15) is 31.4 Å². The number of fused-ring (bicyclic) bond motifs is 3. The van der Waals surface area contributed by atoms with Gasteiger partial charge >= 0.3 is 0 Å². The van der Waals surface area contributed by atoms with Crippen molar-refractivity contribution in [2.24, 2.45) is 5.92 Å². The van der Waals surface area contributed by atoms with Crippen LogP contribution in [-0.2, 0) is 11.3 Å². The number of amides is 1. The summed E-state index contributed by atoms with van der Waals surface area (Å²) >= 11 is 0. The van der Waals surface area contributed by atoms with E-state index >= 15 is 0 Å². The van der Waals surface area contributed by atoms with Gasteiger partial charge in [-0.15, -0.1) is 0 Å². The van der Waals surface area contributed by atoms with Gasteiger partial charge in [-0.3, -0.25) is 9.48 Å². The Balaban J connectivity index is 1.11. The maximum Gasteiger partial charge on any atom is 0.216 e. The number of aromatic nitrogens is 4. The fourth-order valence-corrected chi connectivity index (χ4v) is 5.72. The Bertz CT molecular complexity index is 1380.